The molecule has 2 aromatic rings. The van der Waals surface area contributed by atoms with Gasteiger partial charge in [-0.3, -0.25) is 14.4 Å². The molecular weight excluding hydrogens is 542 g/mol. The van der Waals surface area contributed by atoms with Gasteiger partial charge in [0.25, 0.3) is 0 Å². The van der Waals surface area contributed by atoms with Gasteiger partial charge in [0.1, 0.15) is 6.04 Å². The maximum absolute atomic E-state index is 14.5. The molecule has 1 aromatic carbocycles. The Morgan fingerprint density at radius 2 is 1.72 bits per heavy atom. The van der Waals surface area contributed by atoms with Gasteiger partial charge in [-0.15, -0.1) is 0 Å². The molecule has 3 heterocycles. The van der Waals surface area contributed by atoms with Crippen LogP contribution in [-0.4, -0.2) is 76.9 Å². The number of nitrogens with zero attached hydrogens (tertiary/aromatic N) is 4. The highest BCUT2D eigenvalue weighted by Crippen LogP contribution is 2.40. The highest BCUT2D eigenvalue weighted by molar-refractivity contribution is 5.91. The number of rotatable bonds is 8. The highest BCUT2D eigenvalue weighted by Gasteiger charge is 2.55. The number of benzene rings is 1. The summed E-state index contributed by atoms with van der Waals surface area (Å²) >= 11 is 0. The minimum Gasteiger partial charge on any atom is -0.349 e. The van der Waals surface area contributed by atoms with Crippen LogP contribution in [0.1, 0.15) is 75.5 Å². The van der Waals surface area contributed by atoms with E-state index < -0.39 is 18.0 Å². The predicted octanol–water partition coefficient (Wildman–Crippen LogP) is 2.75. The Morgan fingerprint density at radius 3 is 2.49 bits per heavy atom. The molecule has 1 aromatic heterocycles. The Kier molecular flexibility index (Phi) is 8.93. The number of anilines is 1. The van der Waals surface area contributed by atoms with Crippen molar-refractivity contribution in [2.24, 2.45) is 11.8 Å². The fraction of sp³-hybridized carbons (Fsp3) is 0.606. The summed E-state index contributed by atoms with van der Waals surface area (Å²) in [7, 11) is 1.75. The van der Waals surface area contributed by atoms with Crippen LogP contribution >= 0.6 is 0 Å². The monoisotopic (exact) mass is 587 g/mol. The molecule has 4 aliphatic rings. The van der Waals surface area contributed by atoms with E-state index in [-0.39, 0.29) is 41.8 Å². The Morgan fingerprint density at radius 1 is 0.953 bits per heavy atom. The van der Waals surface area contributed by atoms with Gasteiger partial charge in [-0.2, -0.15) is 0 Å². The fourth-order valence-electron chi connectivity index (χ4n) is 7.86. The van der Waals surface area contributed by atoms with Crippen LogP contribution in [0.3, 0.4) is 0 Å². The van der Waals surface area contributed by atoms with Crippen LogP contribution in [0.5, 0.6) is 0 Å². The molecule has 10 heteroatoms. The number of carbonyl (C=O) groups excluding carboxylic acids is 3. The van der Waals surface area contributed by atoms with Crippen molar-refractivity contribution >= 4 is 23.7 Å². The first-order valence-electron chi connectivity index (χ1n) is 16.2. The highest BCUT2D eigenvalue weighted by atomic mass is 16.2. The van der Waals surface area contributed by atoms with Gasteiger partial charge < -0.3 is 25.8 Å². The second-order valence-corrected chi connectivity index (χ2v) is 12.7. The van der Waals surface area contributed by atoms with Crippen molar-refractivity contribution in [2.45, 2.75) is 94.9 Å². The number of likely N-dealkylation sites (tertiary alicyclic amines) is 1. The van der Waals surface area contributed by atoms with E-state index in [1.165, 1.54) is 11.1 Å². The van der Waals surface area contributed by atoms with E-state index in [0.29, 0.717) is 19.0 Å². The summed E-state index contributed by atoms with van der Waals surface area (Å²) < 4.78 is 0. The maximum Gasteiger partial charge on any atom is 0.245 e. The third-order valence-corrected chi connectivity index (χ3v) is 10.3. The van der Waals surface area contributed by atoms with Gasteiger partial charge in [-0.1, -0.05) is 43.5 Å². The number of carbonyl (C=O) groups is 3. The lowest BCUT2D eigenvalue weighted by Gasteiger charge is -2.36. The van der Waals surface area contributed by atoms with Gasteiger partial charge in [0, 0.05) is 25.5 Å². The topological polar surface area (TPSA) is 120 Å². The first-order valence-corrected chi connectivity index (χ1v) is 16.2. The van der Waals surface area contributed by atoms with Gasteiger partial charge in [-0.05, 0) is 75.6 Å². The second-order valence-electron chi connectivity index (χ2n) is 12.7. The van der Waals surface area contributed by atoms with E-state index in [1.54, 1.807) is 25.5 Å². The van der Waals surface area contributed by atoms with Crippen LogP contribution in [-0.2, 0) is 20.8 Å². The van der Waals surface area contributed by atoms with Gasteiger partial charge >= 0.3 is 0 Å². The first kappa shape index (κ1) is 29.5. The zero-order chi connectivity index (χ0) is 29.9. The molecule has 6 rings (SSSR count). The summed E-state index contributed by atoms with van der Waals surface area (Å²) in [4.78, 5) is 54.9. The van der Waals surface area contributed by atoms with Crippen LogP contribution in [0.4, 0.5) is 5.95 Å². The molecule has 2 saturated heterocycles. The molecule has 2 aliphatic heterocycles. The number of aromatic nitrogens is 2. The fourth-order valence-corrected chi connectivity index (χ4v) is 7.86. The zero-order valence-corrected chi connectivity index (χ0v) is 25.4. The minimum atomic E-state index is -0.599. The SMILES string of the molecule is CN[C@H](C)C(=O)N[C@H](C(=O)N1CC[C@@H]2[C@H]1[C@@H](C(=O)NC1CCCc3ccccc31)CN2c1ncccn1)C1CCCCC1. The smallest absolute Gasteiger partial charge is 0.245 e. The normalized spacial score (nSPS) is 26.7. The Hall–Kier alpha value is -3.53. The van der Waals surface area contributed by atoms with E-state index in [1.807, 2.05) is 17.9 Å². The molecule has 0 spiro atoms. The molecule has 0 bridgehead atoms. The molecule has 3 amide bonds. The first-order chi connectivity index (χ1) is 21.0. The van der Waals surface area contributed by atoms with Gasteiger partial charge in [0.05, 0.1) is 30.1 Å². The Labute approximate surface area is 254 Å². The third-order valence-electron chi connectivity index (χ3n) is 10.3. The number of aryl methyl sites for hydroxylation is 1. The molecule has 10 nitrogen and oxygen atoms in total. The van der Waals surface area contributed by atoms with Crippen molar-refractivity contribution < 1.29 is 14.4 Å². The van der Waals surface area contributed by atoms with Gasteiger partial charge in [0.2, 0.25) is 23.7 Å². The molecule has 230 valence electrons. The van der Waals surface area contributed by atoms with E-state index in [4.69, 9.17) is 0 Å². The number of hydrogen-bond donors (Lipinski definition) is 3. The Balaban J connectivity index is 1.28. The van der Waals surface area contributed by atoms with Crippen molar-refractivity contribution in [1.29, 1.82) is 0 Å². The van der Waals surface area contributed by atoms with E-state index in [0.717, 1.165) is 57.8 Å². The summed E-state index contributed by atoms with van der Waals surface area (Å²) in [6.45, 7) is 2.79. The average molecular weight is 588 g/mol. The average Bonchev–Trinajstić information content (AvgIpc) is 3.65. The summed E-state index contributed by atoms with van der Waals surface area (Å²) in [5.41, 5.74) is 2.49. The summed E-state index contributed by atoms with van der Waals surface area (Å²) in [6, 6.07) is 8.72. The summed E-state index contributed by atoms with van der Waals surface area (Å²) in [5, 5.41) is 9.51. The third kappa shape index (κ3) is 5.98. The summed E-state index contributed by atoms with van der Waals surface area (Å²) in [6.07, 6.45) is 12.2. The van der Waals surface area contributed by atoms with Crippen molar-refractivity contribution in [3.8, 4) is 0 Å². The van der Waals surface area contributed by atoms with Crippen molar-refractivity contribution in [2.75, 3.05) is 25.0 Å². The minimum absolute atomic E-state index is 0.0307. The van der Waals surface area contributed by atoms with Crippen LogP contribution < -0.4 is 20.9 Å². The van der Waals surface area contributed by atoms with Crippen molar-refractivity contribution in [1.82, 2.24) is 30.8 Å². The largest absolute Gasteiger partial charge is 0.349 e. The maximum atomic E-state index is 14.5. The Bertz CT molecular complexity index is 1300. The standard InChI is InChI=1S/C33H45N7O3/c1-21(34-2)30(41)38-28(23-11-4-3-5-12-23)32(43)39-19-16-27-29(39)25(20-40(27)33-35-17-9-18-36-33)31(42)37-26-15-8-13-22-10-6-7-14-24(22)26/h6-7,9-10,14,17-18,21,23,25-29,34H,3-5,8,11-13,15-16,19-20H2,1-2H3,(H,37,42)(H,38,41)/t21-,25+,26?,27-,28+,29-/m1/s1. The second kappa shape index (κ2) is 13.0. The number of likely N-dealkylation sites (N-methyl/N-ethyl adjacent to an activating group) is 1. The molecular formula is C33H45N7O3. The predicted molar refractivity (Wildman–Crippen MR) is 164 cm³/mol. The molecule has 6 atom stereocenters. The number of nitrogens with one attached hydrogen (secondary N) is 3. The van der Waals surface area contributed by atoms with Crippen LogP contribution in [0.25, 0.3) is 0 Å². The molecule has 3 N–H and O–H groups in total. The number of amides is 3. The zero-order valence-electron chi connectivity index (χ0n) is 25.4. The van der Waals surface area contributed by atoms with Crippen LogP contribution in [0.2, 0.25) is 0 Å². The van der Waals surface area contributed by atoms with E-state index >= 15 is 0 Å². The molecule has 1 unspecified atom stereocenters. The molecule has 1 saturated carbocycles. The molecule has 3 fully saturated rings. The van der Waals surface area contributed by atoms with Crippen LogP contribution in [0.15, 0.2) is 42.7 Å². The lowest BCUT2D eigenvalue weighted by molar-refractivity contribution is -0.141. The van der Waals surface area contributed by atoms with Gasteiger partial charge in [0.15, 0.2) is 0 Å². The number of hydrogen-bond acceptors (Lipinski definition) is 7. The van der Waals surface area contributed by atoms with Crippen molar-refractivity contribution in [3.05, 3.63) is 53.9 Å². The molecule has 0 radical (unpaired) electrons. The van der Waals surface area contributed by atoms with Crippen molar-refractivity contribution in [3.63, 3.8) is 0 Å². The van der Waals surface area contributed by atoms with E-state index in [9.17, 15) is 14.4 Å². The molecule has 2 aliphatic carbocycles. The lowest BCUT2D eigenvalue weighted by atomic mass is 9.83. The van der Waals surface area contributed by atoms with Crippen LogP contribution in [0, 0.1) is 11.8 Å². The van der Waals surface area contributed by atoms with E-state index in [2.05, 4.69) is 49.0 Å². The molecule has 43 heavy (non-hydrogen) atoms. The summed E-state index contributed by atoms with van der Waals surface area (Å²) in [5.74, 6) is -0.0181. The lowest BCUT2D eigenvalue weighted by Crippen LogP contribution is -2.58. The number of fused-ring (bicyclic) bond motifs is 2. The quantitative estimate of drug-likeness (QED) is 0.435. The van der Waals surface area contributed by atoms with Gasteiger partial charge in [-0.25, -0.2) is 9.97 Å².